The van der Waals surface area contributed by atoms with Crippen molar-refractivity contribution in [2.24, 2.45) is 0 Å². The maximum atomic E-state index is 12.3. The molecule has 1 unspecified atom stereocenters. The topological polar surface area (TPSA) is 75.7 Å². The lowest BCUT2D eigenvalue weighted by molar-refractivity contribution is -0.116. The first-order valence-corrected chi connectivity index (χ1v) is 8.40. The van der Waals surface area contributed by atoms with Crippen molar-refractivity contribution in [2.75, 3.05) is 18.1 Å². The predicted octanol–water partition coefficient (Wildman–Crippen LogP) is 1.51. The Hall–Kier alpha value is -1.60. The number of hydrogen-bond donors (Lipinski definition) is 1. The van der Waals surface area contributed by atoms with E-state index in [1.54, 1.807) is 11.0 Å². The summed E-state index contributed by atoms with van der Waals surface area (Å²) in [4.78, 5) is 13.3. The Morgan fingerprint density at radius 2 is 2.19 bits per heavy atom. The normalized spacial score (nSPS) is 16.0. The molecule has 0 spiro atoms. The lowest BCUT2D eigenvalue weighted by atomic mass is 10.2. The van der Waals surface area contributed by atoms with E-state index in [4.69, 9.17) is 4.74 Å². The molecule has 1 amide bonds. The van der Waals surface area contributed by atoms with Crippen molar-refractivity contribution in [1.29, 1.82) is 0 Å². The van der Waals surface area contributed by atoms with Crippen LogP contribution in [0, 0.1) is 0 Å². The maximum absolute atomic E-state index is 12.3. The van der Waals surface area contributed by atoms with E-state index in [2.05, 4.69) is 4.72 Å². The van der Waals surface area contributed by atoms with E-state index < -0.39 is 10.0 Å². The van der Waals surface area contributed by atoms with Crippen LogP contribution in [0.1, 0.15) is 27.2 Å². The molecule has 0 saturated carbocycles. The van der Waals surface area contributed by atoms with Crippen LogP contribution >= 0.6 is 0 Å². The minimum Gasteiger partial charge on any atom is -0.489 e. The van der Waals surface area contributed by atoms with Gasteiger partial charge in [-0.25, -0.2) is 13.1 Å². The highest BCUT2D eigenvalue weighted by Crippen LogP contribution is 2.33. The molecule has 0 fully saturated rings. The Morgan fingerprint density at radius 1 is 1.48 bits per heavy atom. The zero-order valence-corrected chi connectivity index (χ0v) is 13.2. The molecule has 1 atom stereocenters. The van der Waals surface area contributed by atoms with Crippen molar-refractivity contribution in [2.45, 2.75) is 38.1 Å². The van der Waals surface area contributed by atoms with Crippen LogP contribution < -0.4 is 14.4 Å². The molecule has 1 aromatic rings. The van der Waals surface area contributed by atoms with E-state index in [-0.39, 0.29) is 16.8 Å². The maximum Gasteiger partial charge on any atom is 0.240 e. The monoisotopic (exact) mass is 312 g/mol. The Labute approximate surface area is 125 Å². The predicted molar refractivity (Wildman–Crippen MR) is 80.0 cm³/mol. The number of benzene rings is 1. The number of anilines is 1. The van der Waals surface area contributed by atoms with Gasteiger partial charge >= 0.3 is 0 Å². The van der Waals surface area contributed by atoms with E-state index >= 15 is 0 Å². The van der Waals surface area contributed by atoms with Crippen LogP contribution in [-0.4, -0.2) is 33.5 Å². The van der Waals surface area contributed by atoms with Gasteiger partial charge in [0.1, 0.15) is 12.4 Å². The number of hydrogen-bond acceptors (Lipinski definition) is 4. The van der Waals surface area contributed by atoms with Crippen molar-refractivity contribution in [3.05, 3.63) is 18.2 Å². The molecule has 0 aliphatic carbocycles. The summed E-state index contributed by atoms with van der Waals surface area (Å²) in [6.45, 7) is 6.02. The van der Waals surface area contributed by atoms with Gasteiger partial charge in [-0.05, 0) is 25.5 Å². The van der Waals surface area contributed by atoms with Crippen molar-refractivity contribution < 1.29 is 17.9 Å². The summed E-state index contributed by atoms with van der Waals surface area (Å²) in [5.74, 6) is 0.330. The van der Waals surface area contributed by atoms with Gasteiger partial charge in [0.2, 0.25) is 15.9 Å². The molecule has 116 valence electrons. The zero-order valence-electron chi connectivity index (χ0n) is 12.4. The second-order valence-corrected chi connectivity index (χ2v) is 6.79. The minimum atomic E-state index is -3.58. The van der Waals surface area contributed by atoms with E-state index in [0.717, 1.165) is 0 Å². The number of rotatable bonds is 4. The number of nitrogens with zero attached hydrogens (tertiary/aromatic N) is 1. The molecule has 0 saturated heterocycles. The fourth-order valence-electron chi connectivity index (χ4n) is 2.11. The third kappa shape index (κ3) is 3.36. The molecule has 7 heteroatoms. The molecule has 0 aromatic heterocycles. The highest BCUT2D eigenvalue weighted by Gasteiger charge is 2.24. The average molecular weight is 312 g/mol. The lowest BCUT2D eigenvalue weighted by Crippen LogP contribution is -2.36. The van der Waals surface area contributed by atoms with Gasteiger partial charge in [-0.1, -0.05) is 6.92 Å². The van der Waals surface area contributed by atoms with Crippen LogP contribution in [-0.2, 0) is 14.8 Å². The SMILES string of the molecule is CCC(C)NS(=O)(=O)c1ccc2c(c1)OCCN2C(C)=O. The fourth-order valence-corrected chi connectivity index (χ4v) is 3.45. The van der Waals surface area contributed by atoms with Gasteiger partial charge in [0.15, 0.2) is 0 Å². The number of sulfonamides is 1. The van der Waals surface area contributed by atoms with E-state index in [9.17, 15) is 13.2 Å². The Morgan fingerprint density at radius 3 is 2.81 bits per heavy atom. The molecule has 6 nitrogen and oxygen atoms in total. The summed E-state index contributed by atoms with van der Waals surface area (Å²) in [7, 11) is -3.58. The molecule has 1 aliphatic heterocycles. The first-order valence-electron chi connectivity index (χ1n) is 6.92. The number of fused-ring (bicyclic) bond motifs is 1. The smallest absolute Gasteiger partial charge is 0.240 e. The summed E-state index contributed by atoms with van der Waals surface area (Å²) in [5, 5.41) is 0. The largest absolute Gasteiger partial charge is 0.489 e. The van der Waals surface area contributed by atoms with Crippen LogP contribution in [0.25, 0.3) is 0 Å². The highest BCUT2D eigenvalue weighted by atomic mass is 32.2. The van der Waals surface area contributed by atoms with Gasteiger partial charge in [-0.3, -0.25) is 4.79 Å². The zero-order chi connectivity index (χ0) is 15.6. The van der Waals surface area contributed by atoms with Crippen molar-refractivity contribution >= 4 is 21.6 Å². The summed E-state index contributed by atoms with van der Waals surface area (Å²) in [6.07, 6.45) is 0.707. The quantitative estimate of drug-likeness (QED) is 0.914. The molecule has 1 aromatic carbocycles. The molecule has 1 heterocycles. The Balaban J connectivity index is 2.35. The molecule has 2 rings (SSSR count). The number of ether oxygens (including phenoxy) is 1. The van der Waals surface area contributed by atoms with Crippen LogP contribution in [0.15, 0.2) is 23.1 Å². The third-order valence-electron chi connectivity index (χ3n) is 3.45. The van der Waals surface area contributed by atoms with Gasteiger partial charge in [0.05, 0.1) is 17.1 Å². The van der Waals surface area contributed by atoms with Crippen molar-refractivity contribution in [1.82, 2.24) is 4.72 Å². The van der Waals surface area contributed by atoms with Gasteiger partial charge < -0.3 is 9.64 Å². The van der Waals surface area contributed by atoms with Crippen LogP contribution in [0.3, 0.4) is 0 Å². The standard InChI is InChI=1S/C14H20N2O4S/c1-4-10(2)15-21(18,19)12-5-6-13-14(9-12)20-8-7-16(13)11(3)17/h5-6,9-10,15H,4,7-8H2,1-3H3. The molecule has 0 radical (unpaired) electrons. The second kappa shape index (κ2) is 6.03. The fraction of sp³-hybridized carbons (Fsp3) is 0.500. The number of amides is 1. The molecule has 1 N–H and O–H groups in total. The molecule has 21 heavy (non-hydrogen) atoms. The highest BCUT2D eigenvalue weighted by molar-refractivity contribution is 7.89. The Bertz CT molecular complexity index is 642. The lowest BCUT2D eigenvalue weighted by Gasteiger charge is -2.29. The Kier molecular flexibility index (Phi) is 4.53. The molecule has 0 bridgehead atoms. The molecular weight excluding hydrogens is 292 g/mol. The van der Waals surface area contributed by atoms with Gasteiger partial charge in [-0.2, -0.15) is 0 Å². The molecular formula is C14H20N2O4S. The van der Waals surface area contributed by atoms with Gasteiger partial charge in [0.25, 0.3) is 0 Å². The summed E-state index contributed by atoms with van der Waals surface area (Å²) < 4.78 is 32.6. The average Bonchev–Trinajstić information content (AvgIpc) is 2.45. The van der Waals surface area contributed by atoms with E-state index in [1.165, 1.54) is 19.1 Å². The van der Waals surface area contributed by atoms with Crippen LogP contribution in [0.2, 0.25) is 0 Å². The number of carbonyl (C=O) groups is 1. The number of carbonyl (C=O) groups excluding carboxylic acids is 1. The van der Waals surface area contributed by atoms with Crippen LogP contribution in [0.5, 0.6) is 5.75 Å². The van der Waals surface area contributed by atoms with E-state index in [0.29, 0.717) is 31.0 Å². The summed E-state index contributed by atoms with van der Waals surface area (Å²) in [6, 6.07) is 4.44. The van der Waals surface area contributed by atoms with Crippen LogP contribution in [0.4, 0.5) is 5.69 Å². The second-order valence-electron chi connectivity index (χ2n) is 5.08. The third-order valence-corrected chi connectivity index (χ3v) is 5.04. The van der Waals surface area contributed by atoms with Crippen molar-refractivity contribution in [3.8, 4) is 5.75 Å². The first-order chi connectivity index (χ1) is 9.85. The molecule has 1 aliphatic rings. The number of nitrogens with one attached hydrogen (secondary N) is 1. The van der Waals surface area contributed by atoms with Crippen molar-refractivity contribution in [3.63, 3.8) is 0 Å². The van der Waals surface area contributed by atoms with E-state index in [1.807, 2.05) is 13.8 Å². The van der Waals surface area contributed by atoms with Gasteiger partial charge in [-0.15, -0.1) is 0 Å². The summed E-state index contributed by atoms with van der Waals surface area (Å²) in [5.41, 5.74) is 0.608. The summed E-state index contributed by atoms with van der Waals surface area (Å²) >= 11 is 0. The first kappa shape index (κ1) is 15.8. The van der Waals surface area contributed by atoms with Gasteiger partial charge in [0, 0.05) is 19.0 Å². The minimum absolute atomic E-state index is 0.0899.